The molecule has 2 fully saturated rings. The van der Waals surface area contributed by atoms with Crippen LogP contribution in [0.25, 0.3) is 0 Å². The number of ether oxygens (including phenoxy) is 1. The number of aliphatic hydroxyl groups excluding tert-OH is 1. The molecule has 1 aliphatic heterocycles. The summed E-state index contributed by atoms with van der Waals surface area (Å²) >= 11 is 6.11. The van der Waals surface area contributed by atoms with Crippen LogP contribution in [0.5, 0.6) is 0 Å². The van der Waals surface area contributed by atoms with Gasteiger partial charge in [0.05, 0.1) is 19.3 Å². The fourth-order valence-corrected chi connectivity index (χ4v) is 4.30. The predicted octanol–water partition coefficient (Wildman–Crippen LogP) is 3.73. The van der Waals surface area contributed by atoms with E-state index in [0.717, 1.165) is 42.1 Å². The summed E-state index contributed by atoms with van der Waals surface area (Å²) in [5.41, 5.74) is 0.976. The van der Waals surface area contributed by atoms with Crippen LogP contribution in [0.4, 0.5) is 0 Å². The Bertz CT molecular complexity index is 496. The first-order valence-corrected chi connectivity index (χ1v) is 9.31. The number of aliphatic hydroxyl groups is 1. The zero-order valence-corrected chi connectivity index (χ0v) is 14.5. The van der Waals surface area contributed by atoms with E-state index < -0.39 is 6.10 Å². The molecule has 3 atom stereocenters. The Kier molecular flexibility index (Phi) is 6.35. The van der Waals surface area contributed by atoms with Crippen LogP contribution >= 0.6 is 11.6 Å². The molecule has 2 aliphatic rings. The van der Waals surface area contributed by atoms with E-state index in [4.69, 9.17) is 16.3 Å². The van der Waals surface area contributed by atoms with Crippen LogP contribution in [0.3, 0.4) is 0 Å². The Morgan fingerprint density at radius 3 is 2.78 bits per heavy atom. The Hall–Kier alpha value is -0.610. The predicted molar refractivity (Wildman–Crippen MR) is 93.6 cm³/mol. The van der Waals surface area contributed by atoms with Crippen molar-refractivity contribution in [3.8, 4) is 0 Å². The molecule has 3 unspecified atom stereocenters. The maximum absolute atomic E-state index is 10.2. The Morgan fingerprint density at radius 1 is 1.17 bits per heavy atom. The molecule has 0 spiro atoms. The molecule has 1 aliphatic carbocycles. The second-order valence-electron chi connectivity index (χ2n) is 7.11. The fraction of sp³-hybridized carbons (Fsp3) is 0.684. The van der Waals surface area contributed by atoms with Gasteiger partial charge in [-0.05, 0) is 42.9 Å². The Balaban J connectivity index is 1.38. The number of hydrogen-bond acceptors (Lipinski definition) is 3. The third-order valence-electron chi connectivity index (χ3n) is 5.37. The number of hydrogen-bond donors (Lipinski definition) is 1. The minimum Gasteiger partial charge on any atom is -0.389 e. The number of piperidine rings is 1. The largest absolute Gasteiger partial charge is 0.389 e. The summed E-state index contributed by atoms with van der Waals surface area (Å²) in [6.45, 7) is 3.85. The highest BCUT2D eigenvalue weighted by Crippen LogP contribution is 2.35. The van der Waals surface area contributed by atoms with E-state index in [1.807, 2.05) is 24.3 Å². The molecule has 0 bridgehead atoms. The highest BCUT2D eigenvalue weighted by molar-refractivity contribution is 6.31. The molecule has 3 rings (SSSR count). The topological polar surface area (TPSA) is 32.7 Å². The number of β-amino-alcohol motifs (C(OH)–C–C–N with tert-alkyl or cyclic N) is 1. The van der Waals surface area contributed by atoms with Gasteiger partial charge >= 0.3 is 0 Å². The van der Waals surface area contributed by atoms with Crippen molar-refractivity contribution < 1.29 is 9.84 Å². The zero-order chi connectivity index (χ0) is 16.1. The quantitative estimate of drug-likeness (QED) is 0.858. The van der Waals surface area contributed by atoms with Gasteiger partial charge in [0, 0.05) is 18.1 Å². The van der Waals surface area contributed by atoms with E-state index in [0.29, 0.717) is 13.2 Å². The third kappa shape index (κ3) is 4.93. The molecule has 0 aromatic heterocycles. The summed E-state index contributed by atoms with van der Waals surface area (Å²) < 4.78 is 5.65. The molecular weight excluding hydrogens is 310 g/mol. The Morgan fingerprint density at radius 2 is 1.96 bits per heavy atom. The highest BCUT2D eigenvalue weighted by Gasteiger charge is 2.31. The van der Waals surface area contributed by atoms with Crippen LogP contribution in [-0.2, 0) is 11.3 Å². The summed E-state index contributed by atoms with van der Waals surface area (Å²) in [7, 11) is 0. The maximum Gasteiger partial charge on any atom is 0.0900 e. The van der Waals surface area contributed by atoms with E-state index in [-0.39, 0.29) is 0 Å². The lowest BCUT2D eigenvalue weighted by molar-refractivity contribution is -0.00648. The van der Waals surface area contributed by atoms with Crippen molar-refractivity contribution in [2.75, 3.05) is 26.2 Å². The molecule has 0 amide bonds. The van der Waals surface area contributed by atoms with Gasteiger partial charge in [-0.15, -0.1) is 0 Å². The van der Waals surface area contributed by atoms with Gasteiger partial charge in [0.15, 0.2) is 0 Å². The summed E-state index contributed by atoms with van der Waals surface area (Å²) in [6.07, 6.45) is 6.48. The van der Waals surface area contributed by atoms with E-state index in [1.165, 1.54) is 32.1 Å². The highest BCUT2D eigenvalue weighted by atomic mass is 35.5. The van der Waals surface area contributed by atoms with E-state index in [9.17, 15) is 5.11 Å². The monoisotopic (exact) mass is 337 g/mol. The molecule has 4 heteroatoms. The van der Waals surface area contributed by atoms with Gasteiger partial charge in [-0.1, -0.05) is 49.1 Å². The summed E-state index contributed by atoms with van der Waals surface area (Å²) in [5, 5.41) is 11.0. The van der Waals surface area contributed by atoms with Crippen LogP contribution in [0.2, 0.25) is 5.02 Å². The zero-order valence-electron chi connectivity index (χ0n) is 13.8. The number of nitrogens with zero attached hydrogens (tertiary/aromatic N) is 1. The molecule has 1 heterocycles. The molecule has 1 aromatic rings. The number of fused-ring (bicyclic) bond motifs is 1. The number of benzene rings is 1. The summed E-state index contributed by atoms with van der Waals surface area (Å²) in [4.78, 5) is 2.43. The van der Waals surface area contributed by atoms with Crippen molar-refractivity contribution >= 4 is 11.6 Å². The summed E-state index contributed by atoms with van der Waals surface area (Å²) in [6, 6.07) is 7.69. The van der Waals surface area contributed by atoms with E-state index >= 15 is 0 Å². The van der Waals surface area contributed by atoms with Gasteiger partial charge in [0.25, 0.3) is 0 Å². The van der Waals surface area contributed by atoms with Gasteiger partial charge in [0.2, 0.25) is 0 Å². The maximum atomic E-state index is 10.2. The molecule has 128 valence electrons. The number of likely N-dealkylation sites (tertiary alicyclic amines) is 1. The van der Waals surface area contributed by atoms with E-state index in [2.05, 4.69) is 4.90 Å². The second kappa shape index (κ2) is 8.48. The van der Waals surface area contributed by atoms with Crippen LogP contribution in [-0.4, -0.2) is 42.4 Å². The minimum atomic E-state index is -0.419. The molecule has 23 heavy (non-hydrogen) atoms. The van der Waals surface area contributed by atoms with Gasteiger partial charge in [-0.3, -0.25) is 0 Å². The minimum absolute atomic E-state index is 0.371. The first kappa shape index (κ1) is 17.2. The van der Waals surface area contributed by atoms with Gasteiger partial charge in [0.1, 0.15) is 0 Å². The summed E-state index contributed by atoms with van der Waals surface area (Å²) in [5.74, 6) is 1.79. The van der Waals surface area contributed by atoms with Crippen molar-refractivity contribution in [3.63, 3.8) is 0 Å². The average Bonchev–Trinajstić information content (AvgIpc) is 2.56. The normalized spacial score (nSPS) is 26.7. The lowest BCUT2D eigenvalue weighted by Crippen LogP contribution is -2.45. The number of halogens is 1. The molecule has 1 saturated heterocycles. The molecule has 0 radical (unpaired) electrons. The standard InChI is InChI=1S/C19H28ClNO2/c20-19-8-4-3-7-17(19)13-23-14-18(22)12-21-10-9-15-5-1-2-6-16(15)11-21/h3-4,7-8,15-16,18,22H,1-2,5-6,9-14H2. The van der Waals surface area contributed by atoms with Crippen molar-refractivity contribution in [2.45, 2.75) is 44.8 Å². The van der Waals surface area contributed by atoms with Gasteiger partial charge in [-0.2, -0.15) is 0 Å². The van der Waals surface area contributed by atoms with Crippen LogP contribution < -0.4 is 0 Å². The van der Waals surface area contributed by atoms with Crippen molar-refractivity contribution in [2.24, 2.45) is 11.8 Å². The lowest BCUT2D eigenvalue weighted by atomic mass is 9.75. The second-order valence-corrected chi connectivity index (χ2v) is 7.52. The van der Waals surface area contributed by atoms with E-state index in [1.54, 1.807) is 0 Å². The van der Waals surface area contributed by atoms with Crippen molar-refractivity contribution in [3.05, 3.63) is 34.9 Å². The first-order chi connectivity index (χ1) is 11.2. The van der Waals surface area contributed by atoms with Crippen LogP contribution in [0.1, 0.15) is 37.7 Å². The molecular formula is C19H28ClNO2. The molecule has 1 saturated carbocycles. The van der Waals surface area contributed by atoms with Gasteiger partial charge < -0.3 is 14.7 Å². The Labute approximate surface area is 144 Å². The lowest BCUT2D eigenvalue weighted by Gasteiger charge is -2.41. The first-order valence-electron chi connectivity index (χ1n) is 8.94. The molecule has 3 nitrogen and oxygen atoms in total. The SMILES string of the molecule is OC(COCc1ccccc1Cl)CN1CCC2CCCCC2C1. The van der Waals surface area contributed by atoms with Crippen molar-refractivity contribution in [1.82, 2.24) is 4.90 Å². The van der Waals surface area contributed by atoms with Crippen LogP contribution in [0.15, 0.2) is 24.3 Å². The fourth-order valence-electron chi connectivity index (χ4n) is 4.11. The smallest absolute Gasteiger partial charge is 0.0900 e. The number of rotatable bonds is 6. The van der Waals surface area contributed by atoms with Crippen LogP contribution in [0, 0.1) is 11.8 Å². The van der Waals surface area contributed by atoms with Crippen molar-refractivity contribution in [1.29, 1.82) is 0 Å². The molecule has 1 N–H and O–H groups in total. The van der Waals surface area contributed by atoms with Gasteiger partial charge in [-0.25, -0.2) is 0 Å². The third-order valence-corrected chi connectivity index (χ3v) is 5.74. The average molecular weight is 338 g/mol. The molecule has 1 aromatic carbocycles.